The third-order valence-corrected chi connectivity index (χ3v) is 2.66. The van der Waals surface area contributed by atoms with Gasteiger partial charge in [-0.2, -0.15) is 0 Å². The van der Waals surface area contributed by atoms with Gasteiger partial charge in [0.05, 0.1) is 37.6 Å². The van der Waals surface area contributed by atoms with E-state index in [1.165, 1.54) is 14.2 Å². The highest BCUT2D eigenvalue weighted by Crippen LogP contribution is 2.35. The van der Waals surface area contributed by atoms with Crippen molar-refractivity contribution in [2.45, 2.75) is 6.10 Å². The number of halogens is 1. The van der Waals surface area contributed by atoms with Gasteiger partial charge in [-0.15, -0.1) is 0 Å². The molecule has 102 valence electrons. The van der Waals surface area contributed by atoms with E-state index in [-0.39, 0.29) is 6.61 Å². The average molecular weight is 276 g/mol. The van der Waals surface area contributed by atoms with Crippen LogP contribution in [0.2, 0.25) is 5.02 Å². The van der Waals surface area contributed by atoms with E-state index in [1.54, 1.807) is 19.2 Å². The van der Waals surface area contributed by atoms with Crippen molar-refractivity contribution in [3.05, 3.63) is 17.2 Å². The van der Waals surface area contributed by atoms with Gasteiger partial charge in [-0.05, 0) is 0 Å². The molecule has 0 aliphatic rings. The first-order valence-corrected chi connectivity index (χ1v) is 5.82. The lowest BCUT2D eigenvalue weighted by Gasteiger charge is -2.16. The number of hydrogen-bond donors (Lipinski definition) is 2. The number of nitrogens with one attached hydrogen (secondary N) is 1. The SMILES string of the molecule is COCC(O)CNc1cc(OC)c(Cl)cc1OC. The summed E-state index contributed by atoms with van der Waals surface area (Å²) in [6.07, 6.45) is -0.596. The zero-order chi connectivity index (χ0) is 13.5. The van der Waals surface area contributed by atoms with E-state index >= 15 is 0 Å². The first-order valence-electron chi connectivity index (χ1n) is 5.44. The van der Waals surface area contributed by atoms with Crippen molar-refractivity contribution in [3.8, 4) is 11.5 Å². The molecule has 18 heavy (non-hydrogen) atoms. The number of rotatable bonds is 7. The van der Waals surface area contributed by atoms with E-state index in [9.17, 15) is 5.11 Å². The van der Waals surface area contributed by atoms with Gasteiger partial charge in [0, 0.05) is 25.8 Å². The molecule has 0 bridgehead atoms. The predicted octanol–water partition coefficient (Wildman–Crippen LogP) is 1.78. The fourth-order valence-electron chi connectivity index (χ4n) is 1.48. The third-order valence-electron chi connectivity index (χ3n) is 2.36. The molecular formula is C12H18ClNO4. The second-order valence-electron chi connectivity index (χ2n) is 3.68. The van der Waals surface area contributed by atoms with Gasteiger partial charge >= 0.3 is 0 Å². The largest absolute Gasteiger partial charge is 0.495 e. The van der Waals surface area contributed by atoms with Gasteiger partial charge in [-0.25, -0.2) is 0 Å². The average Bonchev–Trinajstić information content (AvgIpc) is 2.37. The summed E-state index contributed by atoms with van der Waals surface area (Å²) in [6, 6.07) is 3.38. The maximum absolute atomic E-state index is 9.57. The van der Waals surface area contributed by atoms with Gasteiger partial charge < -0.3 is 24.6 Å². The van der Waals surface area contributed by atoms with Crippen molar-refractivity contribution < 1.29 is 19.3 Å². The molecule has 0 aliphatic heterocycles. The molecule has 1 aromatic carbocycles. The van der Waals surface area contributed by atoms with Crippen LogP contribution in [0.25, 0.3) is 0 Å². The number of aliphatic hydroxyl groups excluding tert-OH is 1. The molecule has 0 amide bonds. The van der Waals surface area contributed by atoms with Crippen molar-refractivity contribution in [1.82, 2.24) is 0 Å². The van der Waals surface area contributed by atoms with Crippen LogP contribution in [0.4, 0.5) is 5.69 Å². The van der Waals surface area contributed by atoms with E-state index in [0.717, 1.165) is 0 Å². The Hall–Kier alpha value is -1.17. The van der Waals surface area contributed by atoms with Gasteiger partial charge in [-0.3, -0.25) is 0 Å². The lowest BCUT2D eigenvalue weighted by Crippen LogP contribution is -2.24. The molecule has 6 heteroatoms. The number of anilines is 1. The number of ether oxygens (including phenoxy) is 3. The quantitative estimate of drug-likeness (QED) is 0.794. The van der Waals surface area contributed by atoms with E-state index in [0.29, 0.717) is 28.8 Å². The first kappa shape index (κ1) is 14.9. The third kappa shape index (κ3) is 3.94. The summed E-state index contributed by atoms with van der Waals surface area (Å²) >= 11 is 5.99. The maximum Gasteiger partial charge on any atom is 0.143 e. The minimum absolute atomic E-state index is 0.264. The van der Waals surface area contributed by atoms with Crippen molar-refractivity contribution in [2.75, 3.05) is 39.8 Å². The van der Waals surface area contributed by atoms with Crippen LogP contribution in [-0.2, 0) is 4.74 Å². The molecule has 0 aliphatic carbocycles. The van der Waals surface area contributed by atoms with Crippen molar-refractivity contribution in [1.29, 1.82) is 0 Å². The van der Waals surface area contributed by atoms with Crippen LogP contribution in [0.15, 0.2) is 12.1 Å². The first-order chi connectivity index (χ1) is 8.62. The number of aliphatic hydroxyl groups is 1. The molecule has 1 rings (SSSR count). The zero-order valence-corrected chi connectivity index (χ0v) is 11.5. The summed E-state index contributed by atoms with van der Waals surface area (Å²) in [5, 5.41) is 13.1. The fraction of sp³-hybridized carbons (Fsp3) is 0.500. The summed E-state index contributed by atoms with van der Waals surface area (Å²) in [4.78, 5) is 0. The molecule has 0 saturated heterocycles. The van der Waals surface area contributed by atoms with Crippen LogP contribution >= 0.6 is 11.6 Å². The van der Waals surface area contributed by atoms with Gasteiger partial charge in [0.1, 0.15) is 11.5 Å². The Morgan fingerprint density at radius 3 is 2.44 bits per heavy atom. The van der Waals surface area contributed by atoms with Crippen molar-refractivity contribution >= 4 is 17.3 Å². The van der Waals surface area contributed by atoms with Crippen LogP contribution in [0.5, 0.6) is 11.5 Å². The van der Waals surface area contributed by atoms with Gasteiger partial charge in [0.25, 0.3) is 0 Å². The molecule has 5 nitrogen and oxygen atoms in total. The molecule has 2 N–H and O–H groups in total. The Labute approximate surface area is 112 Å². The highest BCUT2D eigenvalue weighted by molar-refractivity contribution is 6.32. The number of benzene rings is 1. The normalized spacial score (nSPS) is 12.1. The van der Waals surface area contributed by atoms with E-state index in [4.69, 9.17) is 25.8 Å². The molecular weight excluding hydrogens is 258 g/mol. The van der Waals surface area contributed by atoms with Crippen molar-refractivity contribution in [3.63, 3.8) is 0 Å². The zero-order valence-electron chi connectivity index (χ0n) is 10.7. The monoisotopic (exact) mass is 275 g/mol. The predicted molar refractivity (Wildman–Crippen MR) is 70.9 cm³/mol. The van der Waals surface area contributed by atoms with E-state index < -0.39 is 6.10 Å². The lowest BCUT2D eigenvalue weighted by atomic mass is 10.2. The lowest BCUT2D eigenvalue weighted by molar-refractivity contribution is 0.0727. The van der Waals surface area contributed by atoms with Gasteiger partial charge in [0.15, 0.2) is 0 Å². The Kier molecular flexibility index (Phi) is 6.04. The molecule has 0 radical (unpaired) electrons. The fourth-order valence-corrected chi connectivity index (χ4v) is 1.71. The second-order valence-corrected chi connectivity index (χ2v) is 4.08. The Morgan fingerprint density at radius 1 is 1.22 bits per heavy atom. The van der Waals surface area contributed by atoms with Gasteiger partial charge in [0.2, 0.25) is 0 Å². The van der Waals surface area contributed by atoms with E-state index in [2.05, 4.69) is 5.32 Å². The topological polar surface area (TPSA) is 60.0 Å². The number of hydrogen-bond acceptors (Lipinski definition) is 5. The summed E-state index contributed by atoms with van der Waals surface area (Å²) in [6.45, 7) is 0.606. The molecule has 0 saturated carbocycles. The van der Waals surface area contributed by atoms with Crippen molar-refractivity contribution in [2.24, 2.45) is 0 Å². The standard InChI is InChI=1S/C12H18ClNO4/c1-16-7-8(15)6-14-10-5-11(17-2)9(13)4-12(10)18-3/h4-5,8,14-15H,6-7H2,1-3H3. The molecule has 1 unspecified atom stereocenters. The van der Waals surface area contributed by atoms with E-state index in [1.807, 2.05) is 0 Å². The summed E-state index contributed by atoms with van der Waals surface area (Å²) < 4.78 is 15.2. The minimum atomic E-state index is -0.596. The Bertz CT molecular complexity index is 387. The van der Waals surface area contributed by atoms with Crippen LogP contribution < -0.4 is 14.8 Å². The Morgan fingerprint density at radius 2 is 1.89 bits per heavy atom. The van der Waals surface area contributed by atoms with Crippen LogP contribution in [0.3, 0.4) is 0 Å². The maximum atomic E-state index is 9.57. The molecule has 1 aromatic rings. The number of methoxy groups -OCH3 is 3. The Balaban J connectivity index is 2.79. The molecule has 0 spiro atoms. The summed E-state index contributed by atoms with van der Waals surface area (Å²) in [7, 11) is 4.63. The highest BCUT2D eigenvalue weighted by atomic mass is 35.5. The molecule has 0 aromatic heterocycles. The summed E-state index contributed by atoms with van der Waals surface area (Å²) in [5.74, 6) is 1.13. The van der Waals surface area contributed by atoms with Crippen LogP contribution in [-0.4, -0.2) is 45.7 Å². The molecule has 1 atom stereocenters. The van der Waals surface area contributed by atoms with Crippen LogP contribution in [0.1, 0.15) is 0 Å². The van der Waals surface area contributed by atoms with Crippen LogP contribution in [0, 0.1) is 0 Å². The minimum Gasteiger partial charge on any atom is -0.495 e. The van der Waals surface area contributed by atoms with Gasteiger partial charge in [-0.1, -0.05) is 11.6 Å². The highest BCUT2D eigenvalue weighted by Gasteiger charge is 2.11. The molecule has 0 fully saturated rings. The second kappa shape index (κ2) is 7.31. The molecule has 0 heterocycles. The smallest absolute Gasteiger partial charge is 0.143 e. The summed E-state index contributed by atoms with van der Waals surface area (Å²) in [5.41, 5.74) is 0.703.